The Morgan fingerprint density at radius 2 is 2.24 bits per heavy atom. The minimum absolute atomic E-state index is 0.162. The summed E-state index contributed by atoms with van der Waals surface area (Å²) in [5, 5.41) is 8.90. The quantitative estimate of drug-likeness (QED) is 0.857. The molecule has 0 radical (unpaired) electrons. The zero-order chi connectivity index (χ0) is 15.1. The normalized spacial score (nSPS) is 17.0. The fourth-order valence-corrected chi connectivity index (χ4v) is 3.14. The van der Waals surface area contributed by atoms with Gasteiger partial charge in [0, 0.05) is 23.9 Å². The second-order valence-corrected chi connectivity index (χ2v) is 5.49. The first-order valence-corrected chi connectivity index (χ1v) is 6.84. The third kappa shape index (κ3) is 2.49. The molecule has 110 valence electrons. The maximum Gasteiger partial charge on any atom is 0.309 e. The molecule has 2 aromatic rings. The Bertz CT molecular complexity index is 782. The van der Waals surface area contributed by atoms with Gasteiger partial charge in [-0.3, -0.25) is 4.79 Å². The molecule has 3 rings (SSSR count). The lowest BCUT2D eigenvalue weighted by atomic mass is 9.95. The number of aliphatic carboxylic acids is 1. The van der Waals surface area contributed by atoms with Crippen molar-refractivity contribution >= 4 is 18.2 Å². The smallest absolute Gasteiger partial charge is 0.309 e. The van der Waals surface area contributed by atoms with Crippen LogP contribution in [-0.4, -0.2) is 20.6 Å². The highest BCUT2D eigenvalue weighted by Gasteiger charge is 2.29. The molecule has 0 saturated heterocycles. The molecule has 2 N–H and O–H groups in total. The topological polar surface area (TPSA) is 58.0 Å². The number of fused-ring (bicyclic) bond motifs is 1. The second kappa shape index (κ2) is 5.07. The summed E-state index contributed by atoms with van der Waals surface area (Å²) in [6.07, 6.45) is 0.278. The van der Waals surface area contributed by atoms with Crippen molar-refractivity contribution in [1.29, 1.82) is 0 Å². The average molecular weight is 310 g/mol. The fourth-order valence-electron chi connectivity index (χ4n) is 2.83. The van der Waals surface area contributed by atoms with E-state index >= 15 is 0 Å². The molecule has 1 aliphatic heterocycles. The summed E-state index contributed by atoms with van der Waals surface area (Å²) < 4.78 is 29.3. The van der Waals surface area contributed by atoms with Crippen molar-refractivity contribution in [2.45, 2.75) is 25.3 Å². The van der Waals surface area contributed by atoms with Crippen molar-refractivity contribution in [2.24, 2.45) is 0 Å². The van der Waals surface area contributed by atoms with Crippen LogP contribution in [0.1, 0.15) is 22.9 Å². The van der Waals surface area contributed by atoms with Gasteiger partial charge in [-0.2, -0.15) is 0 Å². The third-order valence-corrected chi connectivity index (χ3v) is 4.07. The molecular formula is C14H12F2N2O2S. The predicted molar refractivity (Wildman–Crippen MR) is 73.8 cm³/mol. The van der Waals surface area contributed by atoms with Gasteiger partial charge >= 0.3 is 5.97 Å². The summed E-state index contributed by atoms with van der Waals surface area (Å²) in [6.45, 7) is 0.421. The van der Waals surface area contributed by atoms with Crippen molar-refractivity contribution in [1.82, 2.24) is 9.55 Å². The van der Waals surface area contributed by atoms with Gasteiger partial charge in [0.2, 0.25) is 0 Å². The number of rotatable bonds is 3. The molecule has 2 heterocycles. The number of carbonyl (C=O) groups is 1. The van der Waals surface area contributed by atoms with Crippen LogP contribution in [0, 0.1) is 16.4 Å². The van der Waals surface area contributed by atoms with Gasteiger partial charge in [-0.05, 0) is 42.4 Å². The molecule has 1 aliphatic rings. The van der Waals surface area contributed by atoms with E-state index in [4.69, 9.17) is 17.3 Å². The number of carboxylic acid groups (broad SMARTS) is 1. The summed E-state index contributed by atoms with van der Waals surface area (Å²) in [7, 11) is 0. The fraction of sp³-hybridized carbons (Fsp3) is 0.286. The molecule has 0 spiro atoms. The Hall–Kier alpha value is -2.02. The summed E-state index contributed by atoms with van der Waals surface area (Å²) in [5.41, 5.74) is 1.59. The molecule has 1 aromatic heterocycles. The average Bonchev–Trinajstić information content (AvgIpc) is 2.95. The molecule has 0 bridgehead atoms. The first-order chi connectivity index (χ1) is 9.95. The summed E-state index contributed by atoms with van der Waals surface area (Å²) in [6, 6.07) is 3.38. The molecule has 0 saturated carbocycles. The third-order valence-electron chi connectivity index (χ3n) is 3.75. The van der Waals surface area contributed by atoms with Crippen LogP contribution < -0.4 is 0 Å². The van der Waals surface area contributed by atoms with Crippen molar-refractivity contribution in [3.05, 3.63) is 51.6 Å². The summed E-state index contributed by atoms with van der Waals surface area (Å²) >= 11 is 5.16. The number of H-pyrrole nitrogens is 1. The van der Waals surface area contributed by atoms with Crippen molar-refractivity contribution < 1.29 is 18.7 Å². The molecule has 0 aliphatic carbocycles. The number of benzene rings is 1. The molecule has 0 unspecified atom stereocenters. The van der Waals surface area contributed by atoms with Crippen LogP contribution in [0.2, 0.25) is 0 Å². The van der Waals surface area contributed by atoms with Gasteiger partial charge in [0.15, 0.2) is 4.77 Å². The first-order valence-electron chi connectivity index (χ1n) is 6.43. The van der Waals surface area contributed by atoms with Gasteiger partial charge in [0.1, 0.15) is 11.6 Å². The number of aromatic amines is 1. The van der Waals surface area contributed by atoms with Crippen LogP contribution in [0.5, 0.6) is 0 Å². The maximum absolute atomic E-state index is 13.9. The molecule has 0 amide bonds. The van der Waals surface area contributed by atoms with Crippen LogP contribution in [0.3, 0.4) is 0 Å². The van der Waals surface area contributed by atoms with Gasteiger partial charge in [-0.15, -0.1) is 0 Å². The number of imidazole rings is 1. The maximum atomic E-state index is 13.9. The highest BCUT2D eigenvalue weighted by atomic mass is 32.1. The minimum Gasteiger partial charge on any atom is -0.481 e. The van der Waals surface area contributed by atoms with Crippen LogP contribution in [0.15, 0.2) is 18.2 Å². The van der Waals surface area contributed by atoms with E-state index < -0.39 is 17.6 Å². The zero-order valence-electron chi connectivity index (χ0n) is 10.9. The van der Waals surface area contributed by atoms with Crippen molar-refractivity contribution in [3.63, 3.8) is 0 Å². The van der Waals surface area contributed by atoms with Crippen molar-refractivity contribution in [2.75, 3.05) is 0 Å². The molecule has 4 nitrogen and oxygen atoms in total. The number of aromatic nitrogens is 2. The molecule has 1 atom stereocenters. The van der Waals surface area contributed by atoms with Gasteiger partial charge in [-0.1, -0.05) is 0 Å². The Labute approximate surface area is 124 Å². The molecule has 7 heteroatoms. The lowest BCUT2D eigenvalue weighted by Gasteiger charge is -2.11. The lowest BCUT2D eigenvalue weighted by molar-refractivity contribution is -0.136. The first kappa shape index (κ1) is 13.9. The Morgan fingerprint density at radius 3 is 2.95 bits per heavy atom. The van der Waals surface area contributed by atoms with Crippen molar-refractivity contribution in [3.8, 4) is 0 Å². The van der Waals surface area contributed by atoms with E-state index in [2.05, 4.69) is 4.98 Å². The number of nitrogens with zero attached hydrogens (tertiary/aromatic N) is 1. The van der Waals surface area contributed by atoms with E-state index in [1.165, 1.54) is 6.07 Å². The number of nitrogens with one attached hydrogen (secondary N) is 1. The molecular weight excluding hydrogens is 298 g/mol. The highest BCUT2D eigenvalue weighted by molar-refractivity contribution is 7.71. The van der Waals surface area contributed by atoms with Crippen LogP contribution in [-0.2, 0) is 24.2 Å². The predicted octanol–water partition coefficient (Wildman–Crippen LogP) is 2.79. The molecule has 1 aromatic carbocycles. The monoisotopic (exact) mass is 310 g/mol. The Balaban J connectivity index is 1.96. The number of hydrogen-bond acceptors (Lipinski definition) is 2. The van der Waals surface area contributed by atoms with E-state index in [9.17, 15) is 13.6 Å². The number of halogens is 2. The molecule has 21 heavy (non-hydrogen) atoms. The van der Waals surface area contributed by atoms with E-state index in [1.54, 1.807) is 4.57 Å². The number of hydrogen-bond donors (Lipinski definition) is 2. The number of carboxylic acids is 1. The van der Waals surface area contributed by atoms with Gasteiger partial charge in [0.05, 0.1) is 6.42 Å². The SMILES string of the molecule is O=C(O)Cc1[nH]c(=S)n2c1C[C@@H](c1cc(F)ccc1F)C2. The van der Waals surface area contributed by atoms with Crippen LogP contribution in [0.25, 0.3) is 0 Å². The van der Waals surface area contributed by atoms with Crippen LogP contribution in [0.4, 0.5) is 8.78 Å². The Morgan fingerprint density at radius 1 is 1.48 bits per heavy atom. The standard InChI is InChI=1S/C14H12F2N2O2S/c15-8-1-2-10(16)9(4-8)7-3-12-11(5-13(19)20)17-14(21)18(12)6-7/h1-2,4,7H,3,5-6H2,(H,17,21)(H,19,20)/t7-/m1/s1. The summed E-state index contributed by atoms with van der Waals surface area (Å²) in [5.74, 6) is -2.14. The van der Waals surface area contributed by atoms with Gasteiger partial charge in [-0.25, -0.2) is 8.78 Å². The second-order valence-electron chi connectivity index (χ2n) is 5.10. The molecule has 0 fully saturated rings. The van der Waals surface area contributed by atoms with E-state index in [-0.39, 0.29) is 12.3 Å². The van der Waals surface area contributed by atoms with Gasteiger partial charge < -0.3 is 14.7 Å². The largest absolute Gasteiger partial charge is 0.481 e. The summed E-state index contributed by atoms with van der Waals surface area (Å²) in [4.78, 5) is 13.7. The lowest BCUT2D eigenvalue weighted by Crippen LogP contribution is -2.06. The van der Waals surface area contributed by atoms with Crippen LogP contribution >= 0.6 is 12.2 Å². The highest BCUT2D eigenvalue weighted by Crippen LogP contribution is 2.33. The van der Waals surface area contributed by atoms with E-state index in [1.807, 2.05) is 0 Å². The Kier molecular flexibility index (Phi) is 3.36. The van der Waals surface area contributed by atoms with E-state index in [0.717, 1.165) is 17.8 Å². The van der Waals surface area contributed by atoms with Gasteiger partial charge in [0.25, 0.3) is 0 Å². The van der Waals surface area contributed by atoms with E-state index in [0.29, 0.717) is 29.0 Å². The minimum atomic E-state index is -0.963. The zero-order valence-corrected chi connectivity index (χ0v) is 11.7.